The molecule has 16 heavy (non-hydrogen) atoms. The lowest BCUT2D eigenvalue weighted by Gasteiger charge is -2.10. The van der Waals surface area contributed by atoms with Crippen molar-refractivity contribution in [3.05, 3.63) is 47.5 Å². The van der Waals surface area contributed by atoms with Crippen molar-refractivity contribution < 1.29 is 0 Å². The third-order valence-electron chi connectivity index (χ3n) is 2.71. The Morgan fingerprint density at radius 2 is 2.19 bits per heavy atom. The van der Waals surface area contributed by atoms with Gasteiger partial charge in [-0.25, -0.2) is 4.98 Å². The third kappa shape index (κ3) is 1.98. The van der Waals surface area contributed by atoms with Gasteiger partial charge in [-0.1, -0.05) is 19.1 Å². The van der Waals surface area contributed by atoms with E-state index >= 15 is 0 Å². The predicted octanol–water partition coefficient (Wildman–Crippen LogP) is 3.48. The molecule has 0 saturated heterocycles. The van der Waals surface area contributed by atoms with Crippen LogP contribution in [0.15, 0.2) is 30.6 Å². The van der Waals surface area contributed by atoms with Crippen molar-refractivity contribution in [2.24, 2.45) is 0 Å². The number of aromatic nitrogens is 2. The van der Waals surface area contributed by atoms with Crippen molar-refractivity contribution >= 4 is 11.6 Å². The summed E-state index contributed by atoms with van der Waals surface area (Å²) in [5.41, 5.74) is 3.56. The summed E-state index contributed by atoms with van der Waals surface area (Å²) < 4.78 is 2.13. The van der Waals surface area contributed by atoms with Crippen molar-refractivity contribution in [1.82, 2.24) is 9.55 Å². The Morgan fingerprint density at radius 1 is 1.38 bits per heavy atom. The van der Waals surface area contributed by atoms with E-state index in [1.165, 1.54) is 11.3 Å². The molecule has 1 aromatic heterocycles. The molecule has 0 aliphatic heterocycles. The van der Waals surface area contributed by atoms with Gasteiger partial charge >= 0.3 is 0 Å². The lowest BCUT2D eigenvalue weighted by atomic mass is 10.1. The first kappa shape index (κ1) is 11.2. The van der Waals surface area contributed by atoms with Crippen molar-refractivity contribution in [2.75, 3.05) is 0 Å². The lowest BCUT2D eigenvalue weighted by Crippen LogP contribution is -2.01. The second kappa shape index (κ2) is 4.71. The van der Waals surface area contributed by atoms with Crippen LogP contribution in [0.1, 0.15) is 23.9 Å². The lowest BCUT2D eigenvalue weighted by molar-refractivity contribution is 0.885. The second-order valence-corrected chi connectivity index (χ2v) is 4.09. The fourth-order valence-electron chi connectivity index (χ4n) is 1.89. The zero-order valence-electron chi connectivity index (χ0n) is 9.57. The molecule has 0 spiro atoms. The largest absolute Gasteiger partial charge is 0.304 e. The molecule has 0 saturated carbocycles. The summed E-state index contributed by atoms with van der Waals surface area (Å²) in [6.07, 6.45) is 4.78. The molecule has 84 valence electrons. The number of hydrogen-bond acceptors (Lipinski definition) is 1. The quantitative estimate of drug-likeness (QED) is 0.744. The number of alkyl halides is 1. The van der Waals surface area contributed by atoms with E-state index in [0.29, 0.717) is 5.88 Å². The predicted molar refractivity (Wildman–Crippen MR) is 67.2 cm³/mol. The maximum atomic E-state index is 5.82. The molecule has 2 aromatic rings. The van der Waals surface area contributed by atoms with Gasteiger partial charge in [-0.05, 0) is 24.1 Å². The molecule has 0 unspecified atom stereocenters. The Bertz CT molecular complexity index is 488. The van der Waals surface area contributed by atoms with E-state index in [9.17, 15) is 0 Å². The molecule has 0 amide bonds. The molecule has 1 aromatic carbocycles. The highest BCUT2D eigenvalue weighted by atomic mass is 35.5. The number of aryl methyl sites for hydroxylation is 2. The van der Waals surface area contributed by atoms with Crippen molar-refractivity contribution in [3.63, 3.8) is 0 Å². The van der Waals surface area contributed by atoms with Crippen LogP contribution in [0.4, 0.5) is 0 Å². The molecule has 2 rings (SSSR count). The molecule has 0 aliphatic carbocycles. The number of rotatable bonds is 3. The highest BCUT2D eigenvalue weighted by Gasteiger charge is 2.06. The number of imidazole rings is 1. The molecule has 0 atom stereocenters. The average molecular weight is 235 g/mol. The topological polar surface area (TPSA) is 17.8 Å². The van der Waals surface area contributed by atoms with Gasteiger partial charge in [-0.15, -0.1) is 11.6 Å². The van der Waals surface area contributed by atoms with Gasteiger partial charge in [0.05, 0.1) is 0 Å². The van der Waals surface area contributed by atoms with Gasteiger partial charge in [0.25, 0.3) is 0 Å². The maximum absolute atomic E-state index is 5.82. The van der Waals surface area contributed by atoms with Crippen LogP contribution in [-0.4, -0.2) is 9.55 Å². The van der Waals surface area contributed by atoms with Crippen LogP contribution in [0.2, 0.25) is 0 Å². The molecule has 0 bridgehead atoms. The zero-order valence-corrected chi connectivity index (χ0v) is 10.3. The van der Waals surface area contributed by atoms with Gasteiger partial charge in [0.15, 0.2) is 0 Å². The first-order valence-electron chi connectivity index (χ1n) is 5.44. The van der Waals surface area contributed by atoms with Crippen molar-refractivity contribution in [3.8, 4) is 5.69 Å². The van der Waals surface area contributed by atoms with Crippen LogP contribution >= 0.6 is 11.6 Å². The van der Waals surface area contributed by atoms with Crippen LogP contribution in [-0.2, 0) is 12.3 Å². The fraction of sp³-hybridized carbons (Fsp3) is 0.308. The summed E-state index contributed by atoms with van der Waals surface area (Å²) >= 11 is 5.82. The third-order valence-corrected chi connectivity index (χ3v) is 3.02. The van der Waals surface area contributed by atoms with Crippen LogP contribution < -0.4 is 0 Å². The second-order valence-electron chi connectivity index (χ2n) is 3.82. The van der Waals surface area contributed by atoms with Crippen LogP contribution in [0, 0.1) is 6.92 Å². The molecule has 0 fully saturated rings. The SMILES string of the molecule is CCc1nccn1-c1ccc(CCl)cc1C. The summed E-state index contributed by atoms with van der Waals surface area (Å²) in [7, 11) is 0. The zero-order chi connectivity index (χ0) is 11.5. The fourth-order valence-corrected chi connectivity index (χ4v) is 2.05. The van der Waals surface area contributed by atoms with Crippen molar-refractivity contribution in [2.45, 2.75) is 26.1 Å². The minimum atomic E-state index is 0.561. The van der Waals surface area contributed by atoms with Gasteiger partial charge in [-0.2, -0.15) is 0 Å². The Morgan fingerprint density at radius 3 is 2.81 bits per heavy atom. The summed E-state index contributed by atoms with van der Waals surface area (Å²) in [6, 6.07) is 6.30. The monoisotopic (exact) mass is 234 g/mol. The summed E-state index contributed by atoms with van der Waals surface area (Å²) in [4.78, 5) is 4.33. The molecular formula is C13H15ClN2. The highest BCUT2D eigenvalue weighted by Crippen LogP contribution is 2.18. The van der Waals surface area contributed by atoms with Crippen LogP contribution in [0.3, 0.4) is 0 Å². The Kier molecular flexibility index (Phi) is 3.30. The van der Waals surface area contributed by atoms with Gasteiger partial charge in [0.2, 0.25) is 0 Å². The number of benzene rings is 1. The first-order valence-corrected chi connectivity index (χ1v) is 5.97. The summed E-state index contributed by atoms with van der Waals surface area (Å²) in [5.74, 6) is 1.65. The number of halogens is 1. The van der Waals surface area contributed by atoms with Gasteiger partial charge in [-0.3, -0.25) is 0 Å². The number of hydrogen-bond donors (Lipinski definition) is 0. The molecule has 0 aliphatic rings. The van der Waals surface area contributed by atoms with E-state index in [-0.39, 0.29) is 0 Å². The van der Waals surface area contributed by atoms with Crippen LogP contribution in [0.5, 0.6) is 0 Å². The standard InChI is InChI=1S/C13H15ClN2/c1-3-13-15-6-7-16(13)12-5-4-11(9-14)8-10(12)2/h4-8H,3,9H2,1-2H3. The Balaban J connectivity index is 2.48. The molecule has 2 nitrogen and oxygen atoms in total. The normalized spacial score (nSPS) is 10.7. The van der Waals surface area contributed by atoms with Crippen molar-refractivity contribution in [1.29, 1.82) is 0 Å². The molecule has 0 radical (unpaired) electrons. The average Bonchev–Trinajstić information content (AvgIpc) is 2.76. The first-order chi connectivity index (χ1) is 7.76. The molecular weight excluding hydrogens is 220 g/mol. The van der Waals surface area contributed by atoms with E-state index in [1.807, 2.05) is 12.4 Å². The summed E-state index contributed by atoms with van der Waals surface area (Å²) in [5, 5.41) is 0. The Hall–Kier alpha value is -1.28. The van der Waals surface area contributed by atoms with E-state index in [2.05, 4.69) is 41.6 Å². The number of nitrogens with zero attached hydrogens (tertiary/aromatic N) is 2. The van der Waals surface area contributed by atoms with Gasteiger partial charge in [0, 0.05) is 30.4 Å². The molecule has 3 heteroatoms. The van der Waals surface area contributed by atoms with E-state index in [4.69, 9.17) is 11.6 Å². The van der Waals surface area contributed by atoms with Gasteiger partial charge < -0.3 is 4.57 Å². The van der Waals surface area contributed by atoms with Gasteiger partial charge in [0.1, 0.15) is 5.82 Å². The van der Waals surface area contributed by atoms with E-state index in [1.54, 1.807) is 0 Å². The van der Waals surface area contributed by atoms with E-state index < -0.39 is 0 Å². The maximum Gasteiger partial charge on any atom is 0.112 e. The smallest absolute Gasteiger partial charge is 0.112 e. The highest BCUT2D eigenvalue weighted by molar-refractivity contribution is 6.17. The minimum Gasteiger partial charge on any atom is -0.304 e. The Labute approximate surface area is 101 Å². The molecule has 0 N–H and O–H groups in total. The van der Waals surface area contributed by atoms with E-state index in [0.717, 1.165) is 17.8 Å². The minimum absolute atomic E-state index is 0.561. The summed E-state index contributed by atoms with van der Waals surface area (Å²) in [6.45, 7) is 4.21. The molecule has 1 heterocycles. The van der Waals surface area contributed by atoms with Crippen LogP contribution in [0.25, 0.3) is 5.69 Å².